The number of aromatic nitrogens is 2. The second-order valence-electron chi connectivity index (χ2n) is 11.2. The molecule has 4 fully saturated rings. The van der Waals surface area contributed by atoms with Gasteiger partial charge in [-0.3, -0.25) is 9.97 Å². The van der Waals surface area contributed by atoms with Crippen LogP contribution >= 0.6 is 23.2 Å². The van der Waals surface area contributed by atoms with E-state index in [1.165, 1.54) is 10.1 Å². The van der Waals surface area contributed by atoms with Gasteiger partial charge >= 0.3 is 11.9 Å². The normalized spacial score (nSPS) is 28.2. The Labute approximate surface area is 243 Å². The Morgan fingerprint density at radius 3 is 1.62 bits per heavy atom. The van der Waals surface area contributed by atoms with Gasteiger partial charge in [-0.2, -0.15) is 0 Å². The Balaban J connectivity index is 0.965. The second kappa shape index (κ2) is 11.2. The monoisotopic (exact) mass is 586 g/mol. The molecule has 2 aromatic rings. The van der Waals surface area contributed by atoms with Gasteiger partial charge in [-0.1, -0.05) is 23.2 Å². The standard InChI is InChI=1S/C28H32Cl2N6O4/c1-33(15-23-5-17-7-25(17)35(23)21-9-19(29)11-31-13-21)39-27(37)3-4-28(38)40-34(2)16-24-6-18-8-26(18)36(24)22-10-20(30)12-32-14-22/h3-4,9-14,17-18,23-26H,5-8,15-16H2,1-2H3/b4-3+. The van der Waals surface area contributed by atoms with E-state index in [2.05, 4.69) is 19.8 Å². The summed E-state index contributed by atoms with van der Waals surface area (Å²) in [5.41, 5.74) is 1.96. The van der Waals surface area contributed by atoms with Crippen LogP contribution in [-0.2, 0) is 19.3 Å². The van der Waals surface area contributed by atoms with E-state index < -0.39 is 11.9 Å². The molecule has 0 bridgehead atoms. The lowest BCUT2D eigenvalue weighted by Gasteiger charge is -2.32. The second-order valence-corrected chi connectivity index (χ2v) is 12.1. The number of nitrogens with zero attached hydrogens (tertiary/aromatic N) is 6. The van der Waals surface area contributed by atoms with Gasteiger partial charge in [0.1, 0.15) is 0 Å². The molecule has 212 valence electrons. The van der Waals surface area contributed by atoms with Gasteiger partial charge in [0.05, 0.1) is 46.9 Å². The lowest BCUT2D eigenvalue weighted by Crippen LogP contribution is -2.42. The fourth-order valence-electron chi connectivity index (χ4n) is 6.50. The summed E-state index contributed by atoms with van der Waals surface area (Å²) in [4.78, 5) is 48.7. The average Bonchev–Trinajstić information content (AvgIpc) is 3.77. The first-order chi connectivity index (χ1) is 19.2. The van der Waals surface area contributed by atoms with E-state index in [9.17, 15) is 9.59 Å². The lowest BCUT2D eigenvalue weighted by atomic mass is 10.1. The smallest absolute Gasteiger partial charge is 0.349 e. The van der Waals surface area contributed by atoms with E-state index in [-0.39, 0.29) is 12.1 Å². The topological polar surface area (TPSA) is 91.3 Å². The van der Waals surface area contributed by atoms with Crippen molar-refractivity contribution in [1.29, 1.82) is 0 Å². The van der Waals surface area contributed by atoms with Crippen molar-refractivity contribution in [3.8, 4) is 0 Å². The Morgan fingerprint density at radius 1 is 0.800 bits per heavy atom. The fourth-order valence-corrected chi connectivity index (χ4v) is 6.84. The number of piperidine rings is 2. The quantitative estimate of drug-likeness (QED) is 0.303. The zero-order chi connectivity index (χ0) is 28.0. The SMILES string of the molecule is CN(CC1CC2CC2N1c1cncc(Cl)c1)OC(=O)/C=C/C(=O)ON(C)CC1CC2CC2N1c1cncc(Cl)c1. The maximum atomic E-state index is 12.4. The van der Waals surface area contributed by atoms with Crippen LogP contribution < -0.4 is 9.80 Å². The molecule has 2 saturated carbocycles. The molecule has 4 heterocycles. The van der Waals surface area contributed by atoms with Crippen LogP contribution in [0.5, 0.6) is 0 Å². The summed E-state index contributed by atoms with van der Waals surface area (Å²) in [6.45, 7) is 1.04. The molecule has 2 aliphatic heterocycles. The molecular weight excluding hydrogens is 555 g/mol. The molecule has 2 saturated heterocycles. The first kappa shape index (κ1) is 27.3. The summed E-state index contributed by atoms with van der Waals surface area (Å²) in [7, 11) is 3.42. The van der Waals surface area contributed by atoms with Gasteiger partial charge in [-0.05, 0) is 49.7 Å². The molecule has 10 nitrogen and oxygen atoms in total. The molecule has 40 heavy (non-hydrogen) atoms. The summed E-state index contributed by atoms with van der Waals surface area (Å²) >= 11 is 12.3. The Hall–Kier alpha value is -2.92. The van der Waals surface area contributed by atoms with Gasteiger partial charge in [0.15, 0.2) is 0 Å². The van der Waals surface area contributed by atoms with Gasteiger partial charge in [-0.15, -0.1) is 10.1 Å². The van der Waals surface area contributed by atoms with Crippen LogP contribution in [0.15, 0.2) is 49.1 Å². The molecule has 6 rings (SSSR count). The minimum absolute atomic E-state index is 0.174. The molecule has 6 atom stereocenters. The highest BCUT2D eigenvalue weighted by molar-refractivity contribution is 6.31. The van der Waals surface area contributed by atoms with Crippen LogP contribution in [0.2, 0.25) is 10.0 Å². The third kappa shape index (κ3) is 6.05. The van der Waals surface area contributed by atoms with Gasteiger partial charge in [0, 0.05) is 62.8 Å². The van der Waals surface area contributed by atoms with E-state index in [0.717, 1.165) is 49.2 Å². The van der Waals surface area contributed by atoms with Crippen LogP contribution in [0.4, 0.5) is 11.4 Å². The zero-order valence-corrected chi connectivity index (χ0v) is 23.9. The van der Waals surface area contributed by atoms with Gasteiger partial charge in [0.25, 0.3) is 0 Å². The molecule has 12 heteroatoms. The van der Waals surface area contributed by atoms with E-state index in [1.54, 1.807) is 26.5 Å². The highest BCUT2D eigenvalue weighted by Gasteiger charge is 2.53. The Morgan fingerprint density at radius 2 is 1.23 bits per heavy atom. The third-order valence-corrected chi connectivity index (χ3v) is 8.59. The summed E-state index contributed by atoms with van der Waals surface area (Å²) < 4.78 is 0. The minimum atomic E-state index is -0.642. The number of carbonyl (C=O) groups excluding carboxylic acids is 2. The largest absolute Gasteiger partial charge is 0.365 e. The molecular formula is C28H32Cl2N6O4. The van der Waals surface area contributed by atoms with Crippen molar-refractivity contribution in [1.82, 2.24) is 20.1 Å². The summed E-state index contributed by atoms with van der Waals surface area (Å²) in [6.07, 6.45) is 13.4. The van der Waals surface area contributed by atoms with Crippen LogP contribution in [0.3, 0.4) is 0 Å². The van der Waals surface area contributed by atoms with Crippen molar-refractivity contribution < 1.29 is 19.3 Å². The molecule has 0 aromatic carbocycles. The predicted octanol–water partition coefficient (Wildman–Crippen LogP) is 3.75. The molecule has 0 N–H and O–H groups in total. The van der Waals surface area contributed by atoms with E-state index >= 15 is 0 Å². The number of hydroxylamine groups is 4. The van der Waals surface area contributed by atoms with Crippen LogP contribution in [-0.4, -0.2) is 83.4 Å². The Bertz CT molecular complexity index is 1220. The van der Waals surface area contributed by atoms with Gasteiger partial charge in [-0.25, -0.2) is 9.59 Å². The molecule has 0 amide bonds. The number of halogens is 2. The van der Waals surface area contributed by atoms with Crippen molar-refractivity contribution in [2.75, 3.05) is 37.0 Å². The van der Waals surface area contributed by atoms with Crippen molar-refractivity contribution in [3.05, 3.63) is 59.1 Å². The fraction of sp³-hybridized carbons (Fsp3) is 0.500. The predicted molar refractivity (Wildman–Crippen MR) is 151 cm³/mol. The Kier molecular flexibility index (Phi) is 7.60. The molecule has 4 aliphatic rings. The van der Waals surface area contributed by atoms with Crippen LogP contribution in [0, 0.1) is 11.8 Å². The first-order valence-corrected chi connectivity index (χ1v) is 14.3. The number of anilines is 2. The van der Waals surface area contributed by atoms with Crippen molar-refractivity contribution in [3.63, 3.8) is 0 Å². The van der Waals surface area contributed by atoms with Crippen molar-refractivity contribution in [2.24, 2.45) is 11.8 Å². The number of fused-ring (bicyclic) bond motifs is 2. The van der Waals surface area contributed by atoms with Crippen molar-refractivity contribution >= 4 is 46.5 Å². The number of hydrogen-bond acceptors (Lipinski definition) is 10. The first-order valence-electron chi connectivity index (χ1n) is 13.6. The summed E-state index contributed by atoms with van der Waals surface area (Å²) in [5.74, 6) is 0.00137. The maximum Gasteiger partial charge on any atom is 0.349 e. The highest BCUT2D eigenvalue weighted by Crippen LogP contribution is 2.51. The highest BCUT2D eigenvalue weighted by atomic mass is 35.5. The van der Waals surface area contributed by atoms with Crippen molar-refractivity contribution in [2.45, 2.75) is 49.9 Å². The zero-order valence-electron chi connectivity index (χ0n) is 22.4. The summed E-state index contributed by atoms with van der Waals surface area (Å²) in [6, 6.07) is 5.14. The van der Waals surface area contributed by atoms with Gasteiger partial charge < -0.3 is 19.5 Å². The number of pyridine rings is 2. The van der Waals surface area contributed by atoms with Crippen LogP contribution in [0.25, 0.3) is 0 Å². The molecule has 2 aromatic heterocycles. The molecule has 0 spiro atoms. The minimum Gasteiger partial charge on any atom is -0.365 e. The van der Waals surface area contributed by atoms with E-state index in [1.807, 2.05) is 24.5 Å². The average molecular weight is 588 g/mol. The van der Waals surface area contributed by atoms with E-state index in [4.69, 9.17) is 32.9 Å². The van der Waals surface area contributed by atoms with Crippen LogP contribution in [0.1, 0.15) is 25.7 Å². The molecule has 2 aliphatic carbocycles. The lowest BCUT2D eigenvalue weighted by molar-refractivity contribution is -0.181. The number of hydrogen-bond donors (Lipinski definition) is 0. The number of rotatable bonds is 10. The van der Waals surface area contributed by atoms with E-state index in [0.29, 0.717) is 47.1 Å². The molecule has 6 unspecified atom stereocenters. The number of carbonyl (C=O) groups is 2. The third-order valence-electron chi connectivity index (χ3n) is 8.18. The molecule has 0 radical (unpaired) electrons. The van der Waals surface area contributed by atoms with Gasteiger partial charge in [0.2, 0.25) is 0 Å². The summed E-state index contributed by atoms with van der Waals surface area (Å²) in [5, 5.41) is 4.21. The number of likely N-dealkylation sites (N-methyl/N-ethyl adjacent to an activating group) is 2. The maximum absolute atomic E-state index is 12.4.